The fraction of sp³-hybridized carbons (Fsp3) is 0.250. The van der Waals surface area contributed by atoms with Crippen molar-refractivity contribution in [1.82, 2.24) is 0 Å². The van der Waals surface area contributed by atoms with Gasteiger partial charge in [-0.15, -0.1) is 0 Å². The van der Waals surface area contributed by atoms with Crippen LogP contribution >= 0.6 is 14.5 Å². The number of alkyl halides is 6. The predicted molar refractivity (Wildman–Crippen MR) is 159 cm³/mol. The topological polar surface area (TPSA) is 0 Å². The van der Waals surface area contributed by atoms with Crippen LogP contribution in [0.2, 0.25) is 0 Å². The van der Waals surface area contributed by atoms with Crippen LogP contribution in [-0.4, -0.2) is 37.0 Å². The number of rotatable bonds is 11. The van der Waals surface area contributed by atoms with Crippen LogP contribution in [0.25, 0.3) is 0 Å². The van der Waals surface area contributed by atoms with Crippen LogP contribution < -0.4 is 21.2 Å². The number of unbranched alkanes of at least 4 members (excludes halogenated alkanes) is 1. The van der Waals surface area contributed by atoms with Gasteiger partial charge >= 0.3 is 12.4 Å². The van der Waals surface area contributed by atoms with Gasteiger partial charge in [-0.3, -0.25) is 0 Å². The van der Waals surface area contributed by atoms with Gasteiger partial charge in [0, 0.05) is 0 Å². The number of halogens is 6. The van der Waals surface area contributed by atoms with Gasteiger partial charge in [-0.2, -0.15) is 26.3 Å². The van der Waals surface area contributed by atoms with Crippen LogP contribution in [0.5, 0.6) is 0 Å². The van der Waals surface area contributed by atoms with Gasteiger partial charge in [-0.25, -0.2) is 0 Å². The Morgan fingerprint density at radius 3 is 0.800 bits per heavy atom. The smallest absolute Gasteiger partial charge is 0.167 e. The molecule has 0 atom stereocenters. The summed E-state index contributed by atoms with van der Waals surface area (Å²) in [5.41, 5.74) is 0. The first-order valence-electron chi connectivity index (χ1n) is 13.1. The van der Waals surface area contributed by atoms with Crippen LogP contribution in [0.3, 0.4) is 0 Å². The Balaban J connectivity index is 1.71. The van der Waals surface area contributed by atoms with Gasteiger partial charge < -0.3 is 0 Å². The highest BCUT2D eigenvalue weighted by Crippen LogP contribution is 2.62. The lowest BCUT2D eigenvalue weighted by Crippen LogP contribution is -2.34. The molecule has 0 aromatic heterocycles. The number of hydrogen-bond acceptors (Lipinski definition) is 0. The van der Waals surface area contributed by atoms with Crippen molar-refractivity contribution < 1.29 is 26.3 Å². The lowest BCUT2D eigenvalue weighted by Gasteiger charge is -2.30. The number of hydrogen-bond donors (Lipinski definition) is 0. The molecule has 4 rings (SSSR count). The van der Waals surface area contributed by atoms with E-state index in [0.29, 0.717) is 34.1 Å². The van der Waals surface area contributed by atoms with Crippen molar-refractivity contribution in [1.29, 1.82) is 0 Å². The van der Waals surface area contributed by atoms with E-state index in [-0.39, 0.29) is 12.3 Å². The lowest BCUT2D eigenvalue weighted by molar-refractivity contribution is -0.107. The zero-order chi connectivity index (χ0) is 28.7. The Labute approximate surface area is 233 Å². The third kappa shape index (κ3) is 7.53. The molecular formula is C32H32F6P2+2. The monoisotopic (exact) mass is 592 g/mol. The Morgan fingerprint density at radius 1 is 0.375 bits per heavy atom. The van der Waals surface area contributed by atoms with Gasteiger partial charge in [0.15, 0.2) is 12.3 Å². The molecule has 8 heteroatoms. The van der Waals surface area contributed by atoms with Gasteiger partial charge in [0.1, 0.15) is 0 Å². The SMILES string of the molecule is FC(F)(F)C[P+](CCCC[P+](CC(F)(F)F)(c1ccccc1)c1ccccc1)(c1ccccc1)c1ccccc1. The summed E-state index contributed by atoms with van der Waals surface area (Å²) in [7, 11) is -5.85. The second-order valence-corrected chi connectivity index (χ2v) is 17.4. The summed E-state index contributed by atoms with van der Waals surface area (Å²) in [4.78, 5) is 0. The molecule has 0 radical (unpaired) electrons. The second-order valence-electron chi connectivity index (χ2n) is 9.98. The Morgan fingerprint density at radius 2 is 0.600 bits per heavy atom. The fourth-order valence-electron chi connectivity index (χ4n) is 5.57. The van der Waals surface area contributed by atoms with E-state index in [1.165, 1.54) is 0 Å². The number of benzene rings is 4. The van der Waals surface area contributed by atoms with E-state index in [2.05, 4.69) is 0 Å². The van der Waals surface area contributed by atoms with E-state index in [9.17, 15) is 26.3 Å². The molecule has 0 aliphatic carbocycles. The molecule has 0 aliphatic rings. The Kier molecular flexibility index (Phi) is 9.75. The van der Waals surface area contributed by atoms with E-state index >= 15 is 0 Å². The highest BCUT2D eigenvalue weighted by atomic mass is 31.2. The van der Waals surface area contributed by atoms with Gasteiger partial charge in [-0.05, 0) is 61.4 Å². The predicted octanol–water partition coefficient (Wildman–Crippen LogP) is 8.23. The molecule has 0 aliphatic heterocycles. The minimum Gasteiger partial charge on any atom is -0.167 e. The molecule has 40 heavy (non-hydrogen) atoms. The fourth-order valence-corrected chi connectivity index (χ4v) is 14.0. The average molecular weight is 593 g/mol. The summed E-state index contributed by atoms with van der Waals surface area (Å²) in [6.45, 7) is 0. The molecule has 0 unspecified atom stereocenters. The quantitative estimate of drug-likeness (QED) is 0.0936. The van der Waals surface area contributed by atoms with E-state index in [0.717, 1.165) is 0 Å². The first-order valence-corrected chi connectivity index (χ1v) is 17.5. The standard InChI is InChI=1S/C32H32F6P2/c33-31(34,35)25-39(27-15-5-1-6-16-27,28-17-7-2-8-18-28)23-13-14-24-40(26-32(36,37)38,29-19-9-3-10-20-29)30-21-11-4-12-22-30/h1-12,15-22H,13-14,23-26H2/q+2. The van der Waals surface area contributed by atoms with E-state index in [1.54, 1.807) is 121 Å². The average Bonchev–Trinajstić information content (AvgIpc) is 2.94. The van der Waals surface area contributed by atoms with E-state index < -0.39 is 39.2 Å². The molecule has 210 valence electrons. The van der Waals surface area contributed by atoms with Crippen LogP contribution in [-0.2, 0) is 0 Å². The maximum absolute atomic E-state index is 14.2. The molecule has 4 aromatic carbocycles. The molecule has 0 saturated heterocycles. The minimum absolute atomic E-state index is 0.274. The zero-order valence-electron chi connectivity index (χ0n) is 22.0. The third-order valence-corrected chi connectivity index (χ3v) is 16.3. The van der Waals surface area contributed by atoms with Crippen molar-refractivity contribution in [2.75, 3.05) is 24.6 Å². The molecule has 0 saturated carbocycles. The molecule has 0 amide bonds. The summed E-state index contributed by atoms with van der Waals surface area (Å²) in [5, 5.41) is 2.67. The highest BCUT2D eigenvalue weighted by Gasteiger charge is 2.53. The molecular weight excluding hydrogens is 560 g/mol. The van der Waals surface area contributed by atoms with Crippen LogP contribution in [0.1, 0.15) is 12.8 Å². The van der Waals surface area contributed by atoms with Crippen molar-refractivity contribution >= 4 is 35.7 Å². The Hall–Kier alpha value is -2.68. The minimum atomic E-state index is -4.39. The van der Waals surface area contributed by atoms with Gasteiger partial charge in [0.2, 0.25) is 0 Å². The van der Waals surface area contributed by atoms with E-state index in [4.69, 9.17) is 0 Å². The Bertz CT molecular complexity index is 1120. The third-order valence-electron chi connectivity index (χ3n) is 7.23. The normalized spacial score (nSPS) is 12.8. The first-order chi connectivity index (χ1) is 19.0. The molecule has 0 spiro atoms. The summed E-state index contributed by atoms with van der Waals surface area (Å²) in [6, 6.07) is 35.3. The summed E-state index contributed by atoms with van der Waals surface area (Å²) in [5.74, 6) is 0. The summed E-state index contributed by atoms with van der Waals surface area (Å²) in [6.07, 6.45) is -9.31. The van der Waals surface area contributed by atoms with Crippen molar-refractivity contribution in [2.45, 2.75) is 25.2 Å². The largest absolute Gasteiger partial charge is 0.422 e. The van der Waals surface area contributed by atoms with Crippen LogP contribution in [0.4, 0.5) is 26.3 Å². The molecule has 0 N–H and O–H groups in total. The molecule has 0 bridgehead atoms. The zero-order valence-corrected chi connectivity index (χ0v) is 23.7. The van der Waals surface area contributed by atoms with Gasteiger partial charge in [0.25, 0.3) is 0 Å². The van der Waals surface area contributed by atoms with Crippen molar-refractivity contribution in [3.05, 3.63) is 121 Å². The van der Waals surface area contributed by atoms with Crippen molar-refractivity contribution in [2.24, 2.45) is 0 Å². The second kappa shape index (κ2) is 12.9. The first kappa shape index (κ1) is 30.3. The summed E-state index contributed by atoms with van der Waals surface area (Å²) < 4.78 is 84.9. The van der Waals surface area contributed by atoms with E-state index in [1.807, 2.05) is 0 Å². The molecule has 4 aromatic rings. The highest BCUT2D eigenvalue weighted by molar-refractivity contribution is 7.90. The van der Waals surface area contributed by atoms with Crippen molar-refractivity contribution in [3.63, 3.8) is 0 Å². The van der Waals surface area contributed by atoms with Crippen LogP contribution in [0, 0.1) is 0 Å². The summed E-state index contributed by atoms with van der Waals surface area (Å²) >= 11 is 0. The lowest BCUT2D eigenvalue weighted by atomic mass is 10.4. The maximum Gasteiger partial charge on any atom is 0.422 e. The van der Waals surface area contributed by atoms with Gasteiger partial charge in [-0.1, -0.05) is 72.8 Å². The van der Waals surface area contributed by atoms with Gasteiger partial charge in [0.05, 0.1) is 48.1 Å². The maximum atomic E-state index is 14.2. The molecule has 0 fully saturated rings. The molecule has 0 nitrogen and oxygen atoms in total. The molecule has 0 heterocycles. The van der Waals surface area contributed by atoms with Crippen molar-refractivity contribution in [3.8, 4) is 0 Å². The van der Waals surface area contributed by atoms with Crippen LogP contribution in [0.15, 0.2) is 121 Å².